The molecular formula is C21H21F2N5O2S. The first-order chi connectivity index (χ1) is 14.8. The molecule has 1 aliphatic rings. The Kier molecular flexibility index (Phi) is 5.84. The Bertz CT molecular complexity index is 1180. The molecule has 1 fully saturated rings. The summed E-state index contributed by atoms with van der Waals surface area (Å²) in [6, 6.07) is 12.5. The summed E-state index contributed by atoms with van der Waals surface area (Å²) in [4.78, 5) is 3.66. The van der Waals surface area contributed by atoms with Gasteiger partial charge in [0.25, 0.3) is 10.0 Å². The van der Waals surface area contributed by atoms with Gasteiger partial charge in [-0.25, -0.2) is 17.2 Å². The molecule has 0 bridgehead atoms. The molecule has 0 amide bonds. The van der Waals surface area contributed by atoms with Crippen LogP contribution in [0.15, 0.2) is 59.5 Å². The van der Waals surface area contributed by atoms with Crippen molar-refractivity contribution in [2.24, 2.45) is 0 Å². The van der Waals surface area contributed by atoms with E-state index in [2.05, 4.69) is 31.8 Å². The average molecular weight is 445 g/mol. The minimum atomic E-state index is -4.30. The van der Waals surface area contributed by atoms with Crippen LogP contribution in [0.1, 0.15) is 0 Å². The molecule has 0 radical (unpaired) electrons. The molecule has 1 aromatic heterocycles. The standard InChI is InChI=1S/C21H21F2N5O2S/c1-27-9-11-28(12-10-27)21-8-7-19(24-25-21)15-3-2-4-17(13-15)26-31(29,30)20-14-16(22)5-6-18(20)23/h2-8,13-14,26H,9-12H2,1H3. The van der Waals surface area contributed by atoms with Crippen molar-refractivity contribution in [2.45, 2.75) is 4.90 Å². The van der Waals surface area contributed by atoms with Gasteiger partial charge < -0.3 is 9.80 Å². The average Bonchev–Trinajstić information content (AvgIpc) is 2.76. The summed E-state index contributed by atoms with van der Waals surface area (Å²) in [5.41, 5.74) is 1.40. The Labute approximate surface area is 179 Å². The highest BCUT2D eigenvalue weighted by Gasteiger charge is 2.20. The van der Waals surface area contributed by atoms with Crippen molar-refractivity contribution in [1.82, 2.24) is 15.1 Å². The smallest absolute Gasteiger partial charge is 0.264 e. The molecule has 3 aromatic rings. The van der Waals surface area contributed by atoms with Crippen LogP contribution in [0.3, 0.4) is 0 Å². The molecule has 7 nitrogen and oxygen atoms in total. The van der Waals surface area contributed by atoms with Gasteiger partial charge >= 0.3 is 0 Å². The van der Waals surface area contributed by atoms with Gasteiger partial charge in [0.15, 0.2) is 5.82 Å². The van der Waals surface area contributed by atoms with E-state index < -0.39 is 26.6 Å². The molecule has 1 aliphatic heterocycles. The first kappa shape index (κ1) is 21.1. The molecule has 4 rings (SSSR count). The van der Waals surface area contributed by atoms with E-state index in [4.69, 9.17) is 0 Å². The van der Waals surface area contributed by atoms with Gasteiger partial charge in [0, 0.05) is 37.4 Å². The number of hydrogen-bond acceptors (Lipinski definition) is 6. The van der Waals surface area contributed by atoms with E-state index in [9.17, 15) is 17.2 Å². The zero-order valence-corrected chi connectivity index (χ0v) is 17.6. The van der Waals surface area contributed by atoms with Crippen LogP contribution >= 0.6 is 0 Å². The minimum Gasteiger partial charge on any atom is -0.353 e. The molecule has 1 saturated heterocycles. The number of sulfonamides is 1. The van der Waals surface area contributed by atoms with Crippen LogP contribution in [0.4, 0.5) is 20.3 Å². The van der Waals surface area contributed by atoms with Crippen LogP contribution in [0.2, 0.25) is 0 Å². The van der Waals surface area contributed by atoms with Crippen molar-refractivity contribution in [2.75, 3.05) is 42.8 Å². The second-order valence-electron chi connectivity index (χ2n) is 7.33. The number of benzene rings is 2. The summed E-state index contributed by atoms with van der Waals surface area (Å²) in [6.07, 6.45) is 0. The number of nitrogens with zero attached hydrogens (tertiary/aromatic N) is 4. The number of rotatable bonds is 5. The van der Waals surface area contributed by atoms with Gasteiger partial charge in [-0.2, -0.15) is 0 Å². The summed E-state index contributed by atoms with van der Waals surface area (Å²) in [7, 11) is -2.22. The number of likely N-dealkylation sites (N-methyl/N-ethyl adjacent to an activating group) is 1. The highest BCUT2D eigenvalue weighted by atomic mass is 32.2. The maximum Gasteiger partial charge on any atom is 0.264 e. The molecule has 2 heterocycles. The third-order valence-electron chi connectivity index (χ3n) is 5.07. The lowest BCUT2D eigenvalue weighted by molar-refractivity contribution is 0.312. The zero-order valence-electron chi connectivity index (χ0n) is 16.8. The van der Waals surface area contributed by atoms with E-state index >= 15 is 0 Å². The number of anilines is 2. The summed E-state index contributed by atoms with van der Waals surface area (Å²) in [6.45, 7) is 3.66. The van der Waals surface area contributed by atoms with Crippen LogP contribution in [0.5, 0.6) is 0 Å². The molecule has 0 aliphatic carbocycles. The van der Waals surface area contributed by atoms with Gasteiger partial charge in [-0.05, 0) is 49.5 Å². The van der Waals surface area contributed by atoms with E-state index in [0.717, 1.165) is 44.1 Å². The Morgan fingerprint density at radius 2 is 1.71 bits per heavy atom. The van der Waals surface area contributed by atoms with Crippen molar-refractivity contribution in [3.8, 4) is 11.3 Å². The molecule has 1 N–H and O–H groups in total. The number of aromatic nitrogens is 2. The molecule has 31 heavy (non-hydrogen) atoms. The number of nitrogens with one attached hydrogen (secondary N) is 1. The van der Waals surface area contributed by atoms with Gasteiger partial charge in [-0.15, -0.1) is 10.2 Å². The Morgan fingerprint density at radius 1 is 0.935 bits per heavy atom. The Morgan fingerprint density at radius 3 is 2.42 bits per heavy atom. The first-order valence-electron chi connectivity index (χ1n) is 9.67. The third-order valence-corrected chi connectivity index (χ3v) is 6.47. The topological polar surface area (TPSA) is 78.4 Å². The van der Waals surface area contributed by atoms with Crippen LogP contribution in [0.25, 0.3) is 11.3 Å². The van der Waals surface area contributed by atoms with E-state index in [1.54, 1.807) is 18.2 Å². The molecule has 0 spiro atoms. The van der Waals surface area contributed by atoms with Gasteiger partial charge in [-0.3, -0.25) is 4.72 Å². The summed E-state index contributed by atoms with van der Waals surface area (Å²) in [5.74, 6) is -1.09. The van der Waals surface area contributed by atoms with Crippen LogP contribution in [0, 0.1) is 11.6 Å². The first-order valence-corrected chi connectivity index (χ1v) is 11.2. The van der Waals surface area contributed by atoms with Crippen molar-refractivity contribution >= 4 is 21.5 Å². The quantitative estimate of drug-likeness (QED) is 0.651. The molecular weight excluding hydrogens is 424 g/mol. The van der Waals surface area contributed by atoms with E-state index in [-0.39, 0.29) is 5.69 Å². The fraction of sp³-hybridized carbons (Fsp3) is 0.238. The number of hydrogen-bond donors (Lipinski definition) is 1. The van der Waals surface area contributed by atoms with E-state index in [0.29, 0.717) is 17.3 Å². The highest BCUT2D eigenvalue weighted by Crippen LogP contribution is 2.25. The van der Waals surface area contributed by atoms with Crippen molar-refractivity contribution in [3.63, 3.8) is 0 Å². The zero-order chi connectivity index (χ0) is 22.0. The van der Waals surface area contributed by atoms with Crippen LogP contribution in [-0.2, 0) is 10.0 Å². The fourth-order valence-electron chi connectivity index (χ4n) is 3.32. The van der Waals surface area contributed by atoms with Gasteiger partial charge in [-0.1, -0.05) is 12.1 Å². The summed E-state index contributed by atoms with van der Waals surface area (Å²) >= 11 is 0. The van der Waals surface area contributed by atoms with E-state index in [1.807, 2.05) is 12.1 Å². The largest absolute Gasteiger partial charge is 0.353 e. The maximum absolute atomic E-state index is 13.9. The Balaban J connectivity index is 1.54. The lowest BCUT2D eigenvalue weighted by Gasteiger charge is -2.32. The van der Waals surface area contributed by atoms with Crippen LogP contribution < -0.4 is 9.62 Å². The van der Waals surface area contributed by atoms with Crippen molar-refractivity contribution in [1.29, 1.82) is 0 Å². The minimum absolute atomic E-state index is 0.200. The Hall–Kier alpha value is -3.11. The molecule has 0 saturated carbocycles. The van der Waals surface area contributed by atoms with Crippen molar-refractivity contribution < 1.29 is 17.2 Å². The molecule has 0 atom stereocenters. The lowest BCUT2D eigenvalue weighted by Crippen LogP contribution is -2.44. The van der Waals surface area contributed by atoms with Crippen molar-refractivity contribution in [3.05, 3.63) is 66.2 Å². The second kappa shape index (κ2) is 8.56. The second-order valence-corrected chi connectivity index (χ2v) is 8.98. The highest BCUT2D eigenvalue weighted by molar-refractivity contribution is 7.92. The summed E-state index contributed by atoms with van der Waals surface area (Å²) in [5, 5.41) is 8.58. The molecule has 0 unspecified atom stereocenters. The lowest BCUT2D eigenvalue weighted by atomic mass is 10.1. The number of halogens is 2. The SMILES string of the molecule is CN1CCN(c2ccc(-c3cccc(NS(=O)(=O)c4cc(F)ccc4F)c3)nn2)CC1. The number of piperazine rings is 1. The monoisotopic (exact) mass is 445 g/mol. The van der Waals surface area contributed by atoms with Gasteiger partial charge in [0.2, 0.25) is 0 Å². The normalized spacial score (nSPS) is 15.1. The van der Waals surface area contributed by atoms with E-state index in [1.165, 1.54) is 6.07 Å². The summed E-state index contributed by atoms with van der Waals surface area (Å²) < 4.78 is 54.6. The third kappa shape index (κ3) is 4.80. The fourth-order valence-corrected chi connectivity index (χ4v) is 4.46. The predicted octanol–water partition coefficient (Wildman–Crippen LogP) is 2.97. The maximum atomic E-state index is 13.9. The predicted molar refractivity (Wildman–Crippen MR) is 114 cm³/mol. The molecule has 162 valence electrons. The van der Waals surface area contributed by atoms with Gasteiger partial charge in [0.1, 0.15) is 16.5 Å². The van der Waals surface area contributed by atoms with Gasteiger partial charge in [0.05, 0.1) is 5.69 Å². The molecule has 2 aromatic carbocycles. The molecule has 10 heteroatoms. The van der Waals surface area contributed by atoms with Crippen LogP contribution in [-0.4, -0.2) is 56.7 Å².